The Labute approximate surface area is 156 Å². The number of hydrogen-bond acceptors (Lipinski definition) is 2. The number of para-hydroxylation sites is 1. The predicted molar refractivity (Wildman–Crippen MR) is 106 cm³/mol. The Bertz CT molecular complexity index is 716. The molecule has 0 aliphatic carbocycles. The topological polar surface area (TPSA) is 23.6 Å². The number of carbonyl (C=O) groups excluding carboxylic acids is 1. The summed E-state index contributed by atoms with van der Waals surface area (Å²) in [6.45, 7) is 3.01. The Kier molecular flexibility index (Phi) is 5.07. The minimum Gasteiger partial charge on any atom is -0.309 e. The van der Waals surface area contributed by atoms with E-state index >= 15 is 0 Å². The summed E-state index contributed by atoms with van der Waals surface area (Å²) < 4.78 is 0. The van der Waals surface area contributed by atoms with Crippen molar-refractivity contribution < 1.29 is 4.79 Å². The van der Waals surface area contributed by atoms with E-state index in [1.54, 1.807) is 0 Å². The Balaban J connectivity index is 1.52. The molecule has 2 fully saturated rings. The number of fused-ring (bicyclic) bond motifs is 2. The van der Waals surface area contributed by atoms with Crippen LogP contribution in [0, 0.1) is 0 Å². The van der Waals surface area contributed by atoms with Gasteiger partial charge in [0.15, 0.2) is 0 Å². The SMILES string of the molecule is CCC(=O)N(c1ccccc1)C1C[C@H]2CC[C@@H](C1)N2Cc1ccccc1. The van der Waals surface area contributed by atoms with Crippen molar-refractivity contribution in [2.75, 3.05) is 4.90 Å². The van der Waals surface area contributed by atoms with Crippen LogP contribution in [0.5, 0.6) is 0 Å². The molecular formula is C23H28N2O. The largest absolute Gasteiger partial charge is 0.309 e. The van der Waals surface area contributed by atoms with Crippen molar-refractivity contribution in [2.24, 2.45) is 0 Å². The zero-order valence-electron chi connectivity index (χ0n) is 15.6. The molecule has 2 aromatic rings. The van der Waals surface area contributed by atoms with Gasteiger partial charge in [0.2, 0.25) is 5.91 Å². The van der Waals surface area contributed by atoms with Crippen LogP contribution in [0.25, 0.3) is 0 Å². The summed E-state index contributed by atoms with van der Waals surface area (Å²) in [5, 5.41) is 0. The smallest absolute Gasteiger partial charge is 0.226 e. The lowest BCUT2D eigenvalue weighted by Crippen LogP contribution is -2.52. The molecule has 136 valence electrons. The second-order valence-corrected chi connectivity index (χ2v) is 7.62. The Morgan fingerprint density at radius 2 is 1.54 bits per heavy atom. The van der Waals surface area contributed by atoms with Crippen LogP contribution in [-0.2, 0) is 11.3 Å². The Morgan fingerprint density at radius 3 is 2.12 bits per heavy atom. The number of nitrogens with zero attached hydrogens (tertiary/aromatic N) is 2. The average Bonchev–Trinajstić information content (AvgIpc) is 2.91. The van der Waals surface area contributed by atoms with Gasteiger partial charge in [0.25, 0.3) is 0 Å². The van der Waals surface area contributed by atoms with Gasteiger partial charge in [-0.25, -0.2) is 0 Å². The summed E-state index contributed by atoms with van der Waals surface area (Å²) in [5.41, 5.74) is 2.45. The fourth-order valence-electron chi connectivity index (χ4n) is 4.83. The number of carbonyl (C=O) groups is 1. The normalized spacial score (nSPS) is 25.2. The summed E-state index contributed by atoms with van der Waals surface area (Å²) in [6.07, 6.45) is 5.26. The fraction of sp³-hybridized carbons (Fsp3) is 0.435. The van der Waals surface area contributed by atoms with Gasteiger partial charge in [0.1, 0.15) is 0 Å². The van der Waals surface area contributed by atoms with Gasteiger partial charge in [-0.1, -0.05) is 55.5 Å². The molecule has 0 spiro atoms. The van der Waals surface area contributed by atoms with Gasteiger partial charge in [0, 0.05) is 36.8 Å². The van der Waals surface area contributed by atoms with E-state index in [-0.39, 0.29) is 5.91 Å². The van der Waals surface area contributed by atoms with Crippen molar-refractivity contribution in [3.63, 3.8) is 0 Å². The lowest BCUT2D eigenvalue weighted by molar-refractivity contribution is -0.119. The molecule has 0 N–H and O–H groups in total. The molecular weight excluding hydrogens is 320 g/mol. The molecule has 4 rings (SSSR count). The molecule has 1 amide bonds. The highest BCUT2D eigenvalue weighted by molar-refractivity contribution is 5.93. The zero-order chi connectivity index (χ0) is 17.9. The van der Waals surface area contributed by atoms with E-state index in [2.05, 4.69) is 52.3 Å². The highest BCUT2D eigenvalue weighted by Gasteiger charge is 2.43. The van der Waals surface area contributed by atoms with Gasteiger partial charge < -0.3 is 4.90 Å². The Morgan fingerprint density at radius 1 is 0.962 bits per heavy atom. The molecule has 3 nitrogen and oxygen atoms in total. The standard InChI is InChI=1S/C23H28N2O/c1-2-23(26)25(19-11-7-4-8-12-19)22-15-20-13-14-21(16-22)24(20)17-18-9-5-3-6-10-18/h3-12,20-22H,2,13-17H2,1H3/t20-,21+,22?. The first-order valence-electron chi connectivity index (χ1n) is 9.93. The van der Waals surface area contributed by atoms with Gasteiger partial charge in [-0.15, -0.1) is 0 Å². The minimum absolute atomic E-state index is 0.247. The van der Waals surface area contributed by atoms with Crippen molar-refractivity contribution >= 4 is 11.6 Å². The van der Waals surface area contributed by atoms with E-state index in [1.807, 2.05) is 25.1 Å². The third-order valence-electron chi connectivity index (χ3n) is 6.04. The van der Waals surface area contributed by atoms with E-state index in [0.29, 0.717) is 24.5 Å². The molecule has 3 atom stereocenters. The number of piperidine rings is 1. The van der Waals surface area contributed by atoms with E-state index < -0.39 is 0 Å². The zero-order valence-corrected chi connectivity index (χ0v) is 15.6. The van der Waals surface area contributed by atoms with Crippen LogP contribution in [0.1, 0.15) is 44.6 Å². The number of amides is 1. The second-order valence-electron chi connectivity index (χ2n) is 7.62. The summed E-state index contributed by atoms with van der Waals surface area (Å²) in [6, 6.07) is 22.5. The minimum atomic E-state index is 0.247. The summed E-state index contributed by atoms with van der Waals surface area (Å²) in [4.78, 5) is 17.5. The molecule has 2 saturated heterocycles. The maximum atomic E-state index is 12.7. The maximum absolute atomic E-state index is 12.7. The number of hydrogen-bond donors (Lipinski definition) is 0. The lowest BCUT2D eigenvalue weighted by Gasteiger charge is -2.43. The van der Waals surface area contributed by atoms with Crippen LogP contribution in [0.15, 0.2) is 60.7 Å². The van der Waals surface area contributed by atoms with Gasteiger partial charge >= 0.3 is 0 Å². The monoisotopic (exact) mass is 348 g/mol. The average molecular weight is 348 g/mol. The van der Waals surface area contributed by atoms with Crippen LogP contribution in [0.3, 0.4) is 0 Å². The third-order valence-corrected chi connectivity index (χ3v) is 6.04. The number of benzene rings is 2. The van der Waals surface area contributed by atoms with Crippen LogP contribution in [-0.4, -0.2) is 28.9 Å². The van der Waals surface area contributed by atoms with E-state index in [9.17, 15) is 4.79 Å². The van der Waals surface area contributed by atoms with Crippen LogP contribution in [0.2, 0.25) is 0 Å². The first kappa shape index (κ1) is 17.3. The molecule has 2 aliphatic heterocycles. The summed E-state index contributed by atoms with van der Waals surface area (Å²) >= 11 is 0. The van der Waals surface area contributed by atoms with Crippen LogP contribution in [0.4, 0.5) is 5.69 Å². The molecule has 2 bridgehead atoms. The molecule has 0 saturated carbocycles. The number of anilines is 1. The van der Waals surface area contributed by atoms with Crippen molar-refractivity contribution in [3.8, 4) is 0 Å². The number of rotatable bonds is 5. The second kappa shape index (κ2) is 7.63. The van der Waals surface area contributed by atoms with E-state index in [1.165, 1.54) is 18.4 Å². The van der Waals surface area contributed by atoms with Crippen molar-refractivity contribution in [2.45, 2.75) is 63.7 Å². The lowest BCUT2D eigenvalue weighted by atomic mass is 9.94. The van der Waals surface area contributed by atoms with Gasteiger partial charge in [-0.05, 0) is 43.4 Å². The van der Waals surface area contributed by atoms with Crippen molar-refractivity contribution in [1.82, 2.24) is 4.90 Å². The highest BCUT2D eigenvalue weighted by atomic mass is 16.2. The summed E-state index contributed by atoms with van der Waals surface area (Å²) in [5.74, 6) is 0.247. The first-order valence-corrected chi connectivity index (χ1v) is 9.93. The molecule has 2 heterocycles. The van der Waals surface area contributed by atoms with Gasteiger partial charge in [-0.2, -0.15) is 0 Å². The quantitative estimate of drug-likeness (QED) is 0.787. The molecule has 3 heteroatoms. The Hall–Kier alpha value is -2.13. The van der Waals surface area contributed by atoms with E-state index in [4.69, 9.17) is 0 Å². The van der Waals surface area contributed by atoms with Crippen molar-refractivity contribution in [3.05, 3.63) is 66.2 Å². The molecule has 0 aromatic heterocycles. The first-order chi connectivity index (χ1) is 12.8. The van der Waals surface area contributed by atoms with Crippen LogP contribution < -0.4 is 4.90 Å². The molecule has 2 aliphatic rings. The van der Waals surface area contributed by atoms with Gasteiger partial charge in [-0.3, -0.25) is 9.69 Å². The maximum Gasteiger partial charge on any atom is 0.226 e. The third kappa shape index (κ3) is 3.41. The van der Waals surface area contributed by atoms with Crippen LogP contribution >= 0.6 is 0 Å². The van der Waals surface area contributed by atoms with Crippen molar-refractivity contribution in [1.29, 1.82) is 0 Å². The fourth-order valence-corrected chi connectivity index (χ4v) is 4.83. The molecule has 26 heavy (non-hydrogen) atoms. The highest BCUT2D eigenvalue weighted by Crippen LogP contribution is 2.39. The van der Waals surface area contributed by atoms with Gasteiger partial charge in [0.05, 0.1) is 0 Å². The van der Waals surface area contributed by atoms with E-state index in [0.717, 1.165) is 25.1 Å². The molecule has 0 radical (unpaired) electrons. The summed E-state index contributed by atoms with van der Waals surface area (Å²) in [7, 11) is 0. The molecule has 2 aromatic carbocycles. The molecule has 1 unspecified atom stereocenters. The predicted octanol–water partition coefficient (Wildman–Crippen LogP) is 4.63.